The number of fused-ring (bicyclic) bond motifs is 1. The van der Waals surface area contributed by atoms with Gasteiger partial charge in [-0.25, -0.2) is 4.79 Å². The Balaban J connectivity index is 1.77. The molecular weight excluding hydrogens is 260 g/mol. The summed E-state index contributed by atoms with van der Waals surface area (Å²) < 4.78 is 16.8. The van der Waals surface area contributed by atoms with Crippen LogP contribution in [0.3, 0.4) is 0 Å². The highest BCUT2D eigenvalue weighted by Crippen LogP contribution is 2.54. The second-order valence-electron chi connectivity index (χ2n) is 6.98. The SMILES string of the molecule is COC(=O)C1=C(O)CC2CC3(CC12)OCC(C)(C)CO3. The molecule has 2 unspecified atom stereocenters. The van der Waals surface area contributed by atoms with Crippen molar-refractivity contribution in [1.29, 1.82) is 0 Å². The van der Waals surface area contributed by atoms with E-state index in [1.54, 1.807) is 0 Å². The normalized spacial score (nSPS) is 34.4. The number of allylic oxidation sites excluding steroid dienone is 1. The predicted molar refractivity (Wildman–Crippen MR) is 70.9 cm³/mol. The van der Waals surface area contributed by atoms with E-state index >= 15 is 0 Å². The summed E-state index contributed by atoms with van der Waals surface area (Å²) >= 11 is 0. The van der Waals surface area contributed by atoms with E-state index in [-0.39, 0.29) is 23.0 Å². The monoisotopic (exact) mass is 282 g/mol. The first-order valence-electron chi connectivity index (χ1n) is 7.14. The van der Waals surface area contributed by atoms with Crippen molar-refractivity contribution in [1.82, 2.24) is 0 Å². The molecule has 0 aromatic heterocycles. The van der Waals surface area contributed by atoms with Crippen LogP contribution in [0, 0.1) is 17.3 Å². The number of hydrogen-bond acceptors (Lipinski definition) is 5. The lowest BCUT2D eigenvalue weighted by atomic mass is 9.93. The van der Waals surface area contributed by atoms with Crippen molar-refractivity contribution in [2.75, 3.05) is 20.3 Å². The molecule has 0 amide bonds. The van der Waals surface area contributed by atoms with Crippen LogP contribution in [0.25, 0.3) is 0 Å². The van der Waals surface area contributed by atoms with Crippen LogP contribution in [-0.4, -0.2) is 37.2 Å². The number of methoxy groups -OCH3 is 1. The molecule has 1 saturated carbocycles. The molecule has 1 N–H and O–H groups in total. The first kappa shape index (κ1) is 13.9. The van der Waals surface area contributed by atoms with Crippen LogP contribution in [-0.2, 0) is 19.0 Å². The quantitative estimate of drug-likeness (QED) is 0.747. The molecule has 1 spiro atoms. The first-order chi connectivity index (χ1) is 9.36. The number of carbonyl (C=O) groups is 1. The molecule has 1 heterocycles. The van der Waals surface area contributed by atoms with Gasteiger partial charge in [-0.2, -0.15) is 0 Å². The highest BCUT2D eigenvalue weighted by molar-refractivity contribution is 5.90. The Morgan fingerprint density at radius 3 is 2.55 bits per heavy atom. The molecule has 1 aliphatic heterocycles. The number of carbonyl (C=O) groups excluding carboxylic acids is 1. The van der Waals surface area contributed by atoms with Crippen molar-refractivity contribution in [3.05, 3.63) is 11.3 Å². The molecule has 0 bridgehead atoms. The van der Waals surface area contributed by atoms with Crippen LogP contribution >= 0.6 is 0 Å². The number of aliphatic hydroxyl groups is 1. The van der Waals surface area contributed by atoms with Gasteiger partial charge >= 0.3 is 5.97 Å². The average molecular weight is 282 g/mol. The molecular formula is C15H22O5. The smallest absolute Gasteiger partial charge is 0.337 e. The fourth-order valence-electron chi connectivity index (χ4n) is 3.60. The van der Waals surface area contributed by atoms with E-state index in [9.17, 15) is 9.90 Å². The largest absolute Gasteiger partial charge is 0.512 e. The van der Waals surface area contributed by atoms with Gasteiger partial charge in [-0.05, 0) is 5.92 Å². The summed E-state index contributed by atoms with van der Waals surface area (Å²) in [6, 6.07) is 0. The molecule has 2 aliphatic carbocycles. The van der Waals surface area contributed by atoms with Crippen molar-refractivity contribution in [2.24, 2.45) is 17.3 Å². The maximum Gasteiger partial charge on any atom is 0.337 e. The molecule has 112 valence electrons. The summed E-state index contributed by atoms with van der Waals surface area (Å²) in [6.07, 6.45) is 1.88. The predicted octanol–water partition coefficient (Wildman–Crippen LogP) is 2.17. The number of hydrogen-bond donors (Lipinski definition) is 1. The topological polar surface area (TPSA) is 65.0 Å². The lowest BCUT2D eigenvalue weighted by molar-refractivity contribution is -0.296. The highest BCUT2D eigenvalue weighted by Gasteiger charge is 2.55. The number of ether oxygens (including phenoxy) is 3. The molecule has 3 aliphatic rings. The van der Waals surface area contributed by atoms with Gasteiger partial charge in [-0.1, -0.05) is 13.8 Å². The summed E-state index contributed by atoms with van der Waals surface area (Å²) in [5, 5.41) is 9.96. The van der Waals surface area contributed by atoms with Gasteiger partial charge in [0.15, 0.2) is 5.79 Å². The van der Waals surface area contributed by atoms with Crippen molar-refractivity contribution in [3.63, 3.8) is 0 Å². The second-order valence-corrected chi connectivity index (χ2v) is 6.98. The van der Waals surface area contributed by atoms with E-state index in [0.717, 1.165) is 6.42 Å². The van der Waals surface area contributed by atoms with Crippen molar-refractivity contribution < 1.29 is 24.1 Å². The highest BCUT2D eigenvalue weighted by atomic mass is 16.7. The van der Waals surface area contributed by atoms with Crippen LogP contribution in [0.2, 0.25) is 0 Å². The first-order valence-corrected chi connectivity index (χ1v) is 7.14. The minimum absolute atomic E-state index is 0.0105. The molecule has 5 nitrogen and oxygen atoms in total. The third kappa shape index (κ3) is 2.13. The number of esters is 1. The molecule has 20 heavy (non-hydrogen) atoms. The maximum absolute atomic E-state index is 11.8. The number of rotatable bonds is 1. The Kier molecular flexibility index (Phi) is 3.10. The Labute approximate surface area is 118 Å². The van der Waals surface area contributed by atoms with Gasteiger partial charge in [0.05, 0.1) is 25.9 Å². The molecule has 0 aromatic carbocycles. The molecule has 5 heteroatoms. The van der Waals surface area contributed by atoms with Gasteiger partial charge in [0.1, 0.15) is 5.76 Å². The molecule has 0 aromatic rings. The standard InChI is InChI=1S/C15H22O5/c1-14(2)7-19-15(20-8-14)5-9-4-11(16)12(10(9)6-15)13(17)18-3/h9-10,16H,4-8H2,1-3H3. The zero-order chi connectivity index (χ0) is 14.5. The van der Waals surface area contributed by atoms with E-state index < -0.39 is 11.8 Å². The Morgan fingerprint density at radius 2 is 1.95 bits per heavy atom. The van der Waals surface area contributed by atoms with Crippen LogP contribution in [0.1, 0.15) is 33.1 Å². The third-order valence-corrected chi connectivity index (χ3v) is 4.67. The molecule has 0 radical (unpaired) electrons. The maximum atomic E-state index is 11.8. The molecule has 2 atom stereocenters. The van der Waals surface area contributed by atoms with Gasteiger partial charge in [-0.3, -0.25) is 0 Å². The van der Waals surface area contributed by atoms with Crippen LogP contribution in [0.5, 0.6) is 0 Å². The van der Waals surface area contributed by atoms with E-state index in [0.29, 0.717) is 31.6 Å². The summed E-state index contributed by atoms with van der Waals surface area (Å²) in [4.78, 5) is 11.8. The van der Waals surface area contributed by atoms with Crippen molar-refractivity contribution in [2.45, 2.75) is 38.9 Å². The fraction of sp³-hybridized carbons (Fsp3) is 0.800. The van der Waals surface area contributed by atoms with E-state index in [1.165, 1.54) is 7.11 Å². The van der Waals surface area contributed by atoms with Crippen LogP contribution in [0.15, 0.2) is 11.3 Å². The van der Waals surface area contributed by atoms with Gasteiger partial charge in [0.25, 0.3) is 0 Å². The third-order valence-electron chi connectivity index (χ3n) is 4.67. The van der Waals surface area contributed by atoms with E-state index in [2.05, 4.69) is 13.8 Å². The summed E-state index contributed by atoms with van der Waals surface area (Å²) in [6.45, 7) is 5.55. The Bertz CT molecular complexity index is 455. The number of aliphatic hydroxyl groups excluding tert-OH is 1. The van der Waals surface area contributed by atoms with Gasteiger partial charge in [0.2, 0.25) is 0 Å². The van der Waals surface area contributed by atoms with Crippen molar-refractivity contribution in [3.8, 4) is 0 Å². The van der Waals surface area contributed by atoms with Gasteiger partial charge < -0.3 is 19.3 Å². The summed E-state index contributed by atoms with van der Waals surface area (Å²) in [5.41, 5.74) is 0.456. The van der Waals surface area contributed by atoms with Gasteiger partial charge in [-0.15, -0.1) is 0 Å². The zero-order valence-electron chi connectivity index (χ0n) is 12.3. The molecule has 1 saturated heterocycles. The van der Waals surface area contributed by atoms with Crippen molar-refractivity contribution >= 4 is 5.97 Å². The Morgan fingerprint density at radius 1 is 1.30 bits per heavy atom. The van der Waals surface area contributed by atoms with E-state index in [1.807, 2.05) is 0 Å². The second kappa shape index (κ2) is 4.46. The lowest BCUT2D eigenvalue weighted by Crippen LogP contribution is -2.46. The molecule has 3 rings (SSSR count). The Hall–Kier alpha value is -1.07. The minimum Gasteiger partial charge on any atom is -0.512 e. The van der Waals surface area contributed by atoms with Gasteiger partial charge in [0, 0.05) is 30.6 Å². The summed E-state index contributed by atoms with van der Waals surface area (Å²) in [5.74, 6) is -0.625. The van der Waals surface area contributed by atoms with Crippen LogP contribution < -0.4 is 0 Å². The van der Waals surface area contributed by atoms with E-state index in [4.69, 9.17) is 14.2 Å². The lowest BCUT2D eigenvalue weighted by Gasteiger charge is -2.42. The average Bonchev–Trinajstić information content (AvgIpc) is 2.86. The fourth-order valence-corrected chi connectivity index (χ4v) is 3.60. The van der Waals surface area contributed by atoms with Crippen LogP contribution in [0.4, 0.5) is 0 Å². The molecule has 2 fully saturated rings. The zero-order valence-corrected chi connectivity index (χ0v) is 12.3. The summed E-state index contributed by atoms with van der Waals surface area (Å²) in [7, 11) is 1.34. The minimum atomic E-state index is -0.579.